The molecule has 0 unspecified atom stereocenters. The first-order valence-corrected chi connectivity index (χ1v) is 5.69. The van der Waals surface area contributed by atoms with Gasteiger partial charge in [0.1, 0.15) is 5.76 Å². The molecular weight excluding hydrogens is 240 g/mol. The molecule has 1 atom stereocenters. The molecule has 0 amide bonds. The maximum absolute atomic E-state index is 11.4. The van der Waals surface area contributed by atoms with Crippen molar-refractivity contribution in [3.8, 4) is 0 Å². The van der Waals surface area contributed by atoms with E-state index < -0.39 is 30.2 Å². The topological polar surface area (TPSA) is 101 Å². The number of hydrogen-bond acceptors (Lipinski definition) is 5. The van der Waals surface area contributed by atoms with Crippen LogP contribution >= 0.6 is 0 Å². The van der Waals surface area contributed by atoms with Crippen molar-refractivity contribution in [1.29, 1.82) is 0 Å². The van der Waals surface area contributed by atoms with Gasteiger partial charge in [0, 0.05) is 19.4 Å². The molecule has 0 aromatic carbocycles. The molecule has 0 aromatic rings. The van der Waals surface area contributed by atoms with Crippen LogP contribution in [0.1, 0.15) is 39.5 Å². The summed E-state index contributed by atoms with van der Waals surface area (Å²) in [6.45, 7) is 3.02. The lowest BCUT2D eigenvalue weighted by molar-refractivity contribution is -0.150. The number of unbranched alkanes of at least 4 members (excludes halogenated alkanes) is 1. The first-order chi connectivity index (χ1) is 8.36. The molecule has 0 aliphatic heterocycles. The van der Waals surface area contributed by atoms with E-state index >= 15 is 0 Å². The summed E-state index contributed by atoms with van der Waals surface area (Å²) in [5.41, 5.74) is 0. The largest absolute Gasteiger partial charge is 0.508 e. The smallest absolute Gasteiger partial charge is 0.307 e. The van der Waals surface area contributed by atoms with Gasteiger partial charge in [0.2, 0.25) is 0 Å². The van der Waals surface area contributed by atoms with Gasteiger partial charge in [0.05, 0.1) is 6.42 Å². The summed E-state index contributed by atoms with van der Waals surface area (Å²) >= 11 is 0. The normalized spacial score (nSPS) is 12.9. The number of allylic oxidation sites excluding steroid dienone is 1. The van der Waals surface area contributed by atoms with E-state index in [0.717, 1.165) is 19.4 Å². The van der Waals surface area contributed by atoms with Crippen LogP contribution in [0.2, 0.25) is 0 Å². The second-order valence-electron chi connectivity index (χ2n) is 3.84. The Labute approximate surface area is 105 Å². The molecule has 0 bridgehead atoms. The van der Waals surface area contributed by atoms with Crippen LogP contribution < -0.4 is 0 Å². The Balaban J connectivity index is 4.65. The number of ether oxygens (including phenoxy) is 1. The summed E-state index contributed by atoms with van der Waals surface area (Å²) in [6.07, 6.45) is 0.809. The lowest BCUT2D eigenvalue weighted by atomic mass is 10.1. The Hall–Kier alpha value is -1.85. The molecule has 0 heterocycles. The number of rotatable bonds is 8. The second kappa shape index (κ2) is 8.27. The van der Waals surface area contributed by atoms with Gasteiger partial charge >= 0.3 is 11.9 Å². The van der Waals surface area contributed by atoms with Crippen molar-refractivity contribution in [3.63, 3.8) is 0 Å². The third-order valence-electron chi connectivity index (χ3n) is 2.08. The van der Waals surface area contributed by atoms with Crippen LogP contribution in [0.15, 0.2) is 11.8 Å². The van der Waals surface area contributed by atoms with Crippen LogP contribution in [0.4, 0.5) is 0 Å². The third kappa shape index (κ3) is 7.43. The van der Waals surface area contributed by atoms with Gasteiger partial charge in [-0.15, -0.1) is 0 Å². The SMILES string of the molecule is CCCCC(=O)/C=C(\O)[C@@H](CC(=O)O)OC(C)=O. The molecule has 0 saturated heterocycles. The van der Waals surface area contributed by atoms with Crippen molar-refractivity contribution in [2.75, 3.05) is 0 Å². The molecule has 0 fully saturated rings. The van der Waals surface area contributed by atoms with Gasteiger partial charge in [0.25, 0.3) is 0 Å². The molecule has 0 aliphatic carbocycles. The first-order valence-electron chi connectivity index (χ1n) is 5.69. The summed E-state index contributed by atoms with van der Waals surface area (Å²) in [6, 6.07) is 0. The van der Waals surface area contributed by atoms with Crippen molar-refractivity contribution in [3.05, 3.63) is 11.8 Å². The number of carboxylic acid groups (broad SMARTS) is 1. The molecule has 0 radical (unpaired) electrons. The summed E-state index contributed by atoms with van der Waals surface area (Å²) in [5.74, 6) is -2.81. The standard InChI is InChI=1S/C12H18O6/c1-3-4-5-9(14)6-10(15)11(7-12(16)17)18-8(2)13/h6,11,15H,3-5,7H2,1-2H3,(H,16,17)/b10-6-/t11-/m1/s1. The van der Waals surface area contributed by atoms with Crippen molar-refractivity contribution in [2.45, 2.75) is 45.6 Å². The van der Waals surface area contributed by atoms with E-state index in [9.17, 15) is 19.5 Å². The van der Waals surface area contributed by atoms with Crippen LogP contribution in [-0.4, -0.2) is 34.0 Å². The minimum Gasteiger partial charge on any atom is -0.508 e. The summed E-state index contributed by atoms with van der Waals surface area (Å²) in [5, 5.41) is 18.2. The van der Waals surface area contributed by atoms with Gasteiger partial charge in [-0.25, -0.2) is 0 Å². The fourth-order valence-electron chi connectivity index (χ4n) is 1.25. The Kier molecular flexibility index (Phi) is 7.42. The highest BCUT2D eigenvalue weighted by molar-refractivity contribution is 5.90. The zero-order valence-electron chi connectivity index (χ0n) is 10.5. The predicted molar refractivity (Wildman–Crippen MR) is 63.1 cm³/mol. The Morgan fingerprint density at radius 1 is 1.28 bits per heavy atom. The van der Waals surface area contributed by atoms with Crippen LogP contribution in [-0.2, 0) is 19.1 Å². The van der Waals surface area contributed by atoms with Gasteiger partial charge in [0.15, 0.2) is 11.9 Å². The van der Waals surface area contributed by atoms with E-state index in [-0.39, 0.29) is 12.2 Å². The maximum atomic E-state index is 11.4. The molecule has 102 valence electrons. The third-order valence-corrected chi connectivity index (χ3v) is 2.08. The quantitative estimate of drug-likeness (QED) is 0.389. The van der Waals surface area contributed by atoms with E-state index in [1.54, 1.807) is 0 Å². The van der Waals surface area contributed by atoms with Crippen LogP contribution in [0.5, 0.6) is 0 Å². The number of hydrogen-bond donors (Lipinski definition) is 2. The summed E-state index contributed by atoms with van der Waals surface area (Å²) in [4.78, 5) is 32.7. The number of esters is 1. The zero-order chi connectivity index (χ0) is 14.1. The van der Waals surface area contributed by atoms with Gasteiger partial charge in [-0.2, -0.15) is 0 Å². The number of carbonyl (C=O) groups excluding carboxylic acids is 2. The Bertz CT molecular complexity index is 328. The van der Waals surface area contributed by atoms with E-state index in [1.807, 2.05) is 6.92 Å². The number of aliphatic carboxylic acids is 1. The highest BCUT2D eigenvalue weighted by Gasteiger charge is 2.21. The molecule has 0 spiro atoms. The van der Waals surface area contributed by atoms with Gasteiger partial charge in [-0.05, 0) is 6.42 Å². The van der Waals surface area contributed by atoms with Crippen molar-refractivity contribution >= 4 is 17.7 Å². The average Bonchev–Trinajstić information content (AvgIpc) is 2.24. The fourth-order valence-corrected chi connectivity index (χ4v) is 1.25. The van der Waals surface area contributed by atoms with E-state index in [1.165, 1.54) is 0 Å². The highest BCUT2D eigenvalue weighted by atomic mass is 16.6. The Morgan fingerprint density at radius 3 is 2.33 bits per heavy atom. The van der Waals surface area contributed by atoms with Crippen LogP contribution in [0, 0.1) is 0 Å². The molecule has 0 aromatic heterocycles. The highest BCUT2D eigenvalue weighted by Crippen LogP contribution is 2.10. The number of carboxylic acids is 1. The monoisotopic (exact) mass is 258 g/mol. The maximum Gasteiger partial charge on any atom is 0.307 e. The zero-order valence-corrected chi connectivity index (χ0v) is 10.5. The summed E-state index contributed by atoms with van der Waals surface area (Å²) in [7, 11) is 0. The molecule has 6 heteroatoms. The van der Waals surface area contributed by atoms with E-state index in [4.69, 9.17) is 5.11 Å². The van der Waals surface area contributed by atoms with Gasteiger partial charge in [-0.3, -0.25) is 14.4 Å². The van der Waals surface area contributed by atoms with Crippen LogP contribution in [0.25, 0.3) is 0 Å². The lowest BCUT2D eigenvalue weighted by Crippen LogP contribution is -2.23. The molecule has 0 saturated carbocycles. The number of aliphatic hydroxyl groups excluding tert-OH is 1. The molecular formula is C12H18O6. The average molecular weight is 258 g/mol. The summed E-state index contributed by atoms with van der Waals surface area (Å²) < 4.78 is 4.64. The number of carbonyl (C=O) groups is 3. The fraction of sp³-hybridized carbons (Fsp3) is 0.583. The van der Waals surface area contributed by atoms with Gasteiger partial charge < -0.3 is 14.9 Å². The van der Waals surface area contributed by atoms with E-state index in [2.05, 4.69) is 4.74 Å². The predicted octanol–water partition coefficient (Wildman–Crippen LogP) is 1.59. The first kappa shape index (κ1) is 16.1. The van der Waals surface area contributed by atoms with Crippen molar-refractivity contribution in [1.82, 2.24) is 0 Å². The molecule has 2 N–H and O–H groups in total. The number of aliphatic hydroxyl groups is 1. The van der Waals surface area contributed by atoms with Crippen molar-refractivity contribution in [2.24, 2.45) is 0 Å². The molecule has 0 rings (SSSR count). The van der Waals surface area contributed by atoms with E-state index in [0.29, 0.717) is 6.42 Å². The second-order valence-corrected chi connectivity index (χ2v) is 3.84. The number of ketones is 1. The molecule has 18 heavy (non-hydrogen) atoms. The molecule has 6 nitrogen and oxygen atoms in total. The Morgan fingerprint density at radius 2 is 1.89 bits per heavy atom. The van der Waals surface area contributed by atoms with Crippen molar-refractivity contribution < 1.29 is 29.3 Å². The minimum atomic E-state index is -1.31. The molecule has 0 aliphatic rings. The van der Waals surface area contributed by atoms with Crippen LogP contribution in [0.3, 0.4) is 0 Å². The van der Waals surface area contributed by atoms with Gasteiger partial charge in [-0.1, -0.05) is 13.3 Å². The minimum absolute atomic E-state index is 0.264. The lowest BCUT2D eigenvalue weighted by Gasteiger charge is -2.14.